The molecule has 0 aliphatic heterocycles. The van der Waals surface area contributed by atoms with E-state index < -0.39 is 11.9 Å². The van der Waals surface area contributed by atoms with Crippen molar-refractivity contribution < 1.29 is 23.8 Å². The average Bonchev–Trinajstić information content (AvgIpc) is 2.61. The molecule has 0 bridgehead atoms. The van der Waals surface area contributed by atoms with Crippen molar-refractivity contribution >= 4 is 11.9 Å². The Balaban J connectivity index is 1.97. The molecule has 0 spiro atoms. The van der Waals surface area contributed by atoms with Crippen LogP contribution in [0.5, 0.6) is 17.2 Å². The van der Waals surface area contributed by atoms with Crippen molar-refractivity contribution in [1.82, 2.24) is 0 Å². The van der Waals surface area contributed by atoms with Gasteiger partial charge in [0.15, 0.2) is 0 Å². The number of esters is 2. The third-order valence-electron chi connectivity index (χ3n) is 3.05. The highest BCUT2D eigenvalue weighted by molar-refractivity contribution is 5.92. The smallest absolute Gasteiger partial charge is 0.343 e. The number of ether oxygens (including phenoxy) is 3. The zero-order valence-electron chi connectivity index (χ0n) is 13.9. The predicted octanol–water partition coefficient (Wildman–Crippen LogP) is 3.95. The van der Waals surface area contributed by atoms with Crippen molar-refractivity contribution in [3.63, 3.8) is 0 Å². The lowest BCUT2D eigenvalue weighted by Gasteiger charge is -2.07. The van der Waals surface area contributed by atoms with Gasteiger partial charge in [0.05, 0.1) is 5.56 Å². The van der Waals surface area contributed by atoms with Gasteiger partial charge in [-0.15, -0.1) is 0 Å². The number of carbonyl (C=O) groups excluding carboxylic acids is 2. The normalized spacial score (nSPS) is 9.80. The number of rotatable bonds is 7. The quantitative estimate of drug-likeness (QED) is 0.331. The van der Waals surface area contributed by atoms with Crippen molar-refractivity contribution in [2.75, 3.05) is 6.61 Å². The molecule has 5 heteroatoms. The molecule has 2 aromatic rings. The van der Waals surface area contributed by atoms with Crippen LogP contribution in [0.4, 0.5) is 0 Å². The van der Waals surface area contributed by atoms with Gasteiger partial charge in [-0.3, -0.25) is 0 Å². The molecule has 0 saturated carbocycles. The van der Waals surface area contributed by atoms with Gasteiger partial charge in [0, 0.05) is 5.57 Å². The third-order valence-corrected chi connectivity index (χ3v) is 3.05. The maximum absolute atomic E-state index is 12.1. The van der Waals surface area contributed by atoms with E-state index in [0.717, 1.165) is 0 Å². The van der Waals surface area contributed by atoms with Crippen LogP contribution in [-0.2, 0) is 4.79 Å². The fourth-order valence-corrected chi connectivity index (χ4v) is 1.78. The summed E-state index contributed by atoms with van der Waals surface area (Å²) in [6.07, 6.45) is 1.64. The predicted molar refractivity (Wildman–Crippen MR) is 94.0 cm³/mol. The highest BCUT2D eigenvalue weighted by atomic mass is 16.5. The first-order chi connectivity index (χ1) is 12.0. The molecule has 0 heterocycles. The molecule has 0 aliphatic rings. The molecule has 0 fully saturated rings. The molecule has 0 saturated heterocycles. The summed E-state index contributed by atoms with van der Waals surface area (Å²) in [5.74, 6) is 0.344. The molecule has 128 valence electrons. The van der Waals surface area contributed by atoms with E-state index >= 15 is 0 Å². The molecule has 25 heavy (non-hydrogen) atoms. The van der Waals surface area contributed by atoms with E-state index in [-0.39, 0.29) is 0 Å². The molecule has 0 N–H and O–H groups in total. The maximum atomic E-state index is 12.1. The van der Waals surface area contributed by atoms with E-state index in [1.165, 1.54) is 24.3 Å². The summed E-state index contributed by atoms with van der Waals surface area (Å²) in [6, 6.07) is 12.8. The van der Waals surface area contributed by atoms with Gasteiger partial charge in [-0.1, -0.05) is 19.2 Å². The van der Waals surface area contributed by atoms with Crippen molar-refractivity contribution in [2.24, 2.45) is 0 Å². The van der Waals surface area contributed by atoms with E-state index in [0.29, 0.717) is 35.0 Å². The fraction of sp³-hybridized carbons (Fsp3) is 0.100. The van der Waals surface area contributed by atoms with Crippen LogP contribution in [0.1, 0.15) is 17.3 Å². The Morgan fingerprint density at radius 3 is 2.00 bits per heavy atom. The Morgan fingerprint density at radius 1 is 0.920 bits per heavy atom. The second kappa shape index (κ2) is 8.49. The molecule has 5 nitrogen and oxygen atoms in total. The van der Waals surface area contributed by atoms with E-state index in [1.807, 2.05) is 0 Å². The van der Waals surface area contributed by atoms with E-state index in [4.69, 9.17) is 14.2 Å². The summed E-state index contributed by atoms with van der Waals surface area (Å²) in [5, 5.41) is 0. The van der Waals surface area contributed by atoms with Gasteiger partial charge in [-0.25, -0.2) is 9.59 Å². The van der Waals surface area contributed by atoms with Gasteiger partial charge < -0.3 is 14.2 Å². The fourth-order valence-electron chi connectivity index (χ4n) is 1.78. The zero-order chi connectivity index (χ0) is 18.2. The summed E-state index contributed by atoms with van der Waals surface area (Å²) in [7, 11) is 0. The summed E-state index contributed by atoms with van der Waals surface area (Å²) < 4.78 is 15.7. The van der Waals surface area contributed by atoms with Crippen molar-refractivity contribution in [1.29, 1.82) is 0 Å². The number of carbonyl (C=O) groups is 2. The van der Waals surface area contributed by atoms with Gasteiger partial charge >= 0.3 is 11.9 Å². The van der Waals surface area contributed by atoms with Crippen LogP contribution in [-0.4, -0.2) is 18.5 Å². The lowest BCUT2D eigenvalue weighted by Crippen LogP contribution is -2.10. The minimum atomic E-state index is -0.519. The van der Waals surface area contributed by atoms with Crippen LogP contribution in [0.2, 0.25) is 0 Å². The first-order valence-electron chi connectivity index (χ1n) is 7.53. The van der Waals surface area contributed by atoms with Crippen LogP contribution >= 0.6 is 0 Å². The third kappa shape index (κ3) is 5.35. The highest BCUT2D eigenvalue weighted by Gasteiger charge is 2.10. The van der Waals surface area contributed by atoms with Crippen LogP contribution in [0.15, 0.2) is 73.3 Å². The van der Waals surface area contributed by atoms with Crippen molar-refractivity contribution in [3.8, 4) is 17.2 Å². The van der Waals surface area contributed by atoms with Crippen LogP contribution in [0.3, 0.4) is 0 Å². The lowest BCUT2D eigenvalue weighted by atomic mass is 10.2. The van der Waals surface area contributed by atoms with Crippen molar-refractivity contribution in [2.45, 2.75) is 6.92 Å². The first-order valence-corrected chi connectivity index (χ1v) is 7.53. The first kappa shape index (κ1) is 18.0. The topological polar surface area (TPSA) is 61.8 Å². The molecule has 0 amide bonds. The number of benzene rings is 2. The summed E-state index contributed by atoms with van der Waals surface area (Å²) in [6.45, 7) is 9.04. The Morgan fingerprint density at radius 2 is 1.44 bits per heavy atom. The van der Waals surface area contributed by atoms with E-state index in [2.05, 4.69) is 13.2 Å². The number of hydrogen-bond acceptors (Lipinski definition) is 5. The van der Waals surface area contributed by atoms with E-state index in [1.54, 1.807) is 37.3 Å². The Bertz CT molecular complexity index is 773. The Labute approximate surface area is 146 Å². The van der Waals surface area contributed by atoms with Gasteiger partial charge in [0.1, 0.15) is 23.9 Å². The molecule has 0 aromatic heterocycles. The van der Waals surface area contributed by atoms with E-state index in [9.17, 15) is 9.59 Å². The zero-order valence-corrected chi connectivity index (χ0v) is 13.9. The minimum absolute atomic E-state index is 0.295. The average molecular weight is 338 g/mol. The second-order valence-corrected chi connectivity index (χ2v) is 5.15. The standard InChI is InChI=1S/C20H18O5/c1-4-13-23-16-9-11-18(12-10-16)25-20(22)15-5-7-17(8-6-15)24-19(21)14(2)3/h4-12H,1-2,13H2,3H3. The Kier molecular flexibility index (Phi) is 6.12. The summed E-state index contributed by atoms with van der Waals surface area (Å²) in [4.78, 5) is 23.6. The molecule has 0 aliphatic carbocycles. The molecule has 0 radical (unpaired) electrons. The lowest BCUT2D eigenvalue weighted by molar-refractivity contribution is -0.130. The Hall–Kier alpha value is -3.34. The minimum Gasteiger partial charge on any atom is -0.490 e. The molecule has 2 rings (SSSR count). The molecular formula is C20H18O5. The van der Waals surface area contributed by atoms with Crippen molar-refractivity contribution in [3.05, 3.63) is 78.9 Å². The SMILES string of the molecule is C=CCOc1ccc(OC(=O)c2ccc(OC(=O)C(=C)C)cc2)cc1. The summed E-state index contributed by atoms with van der Waals surface area (Å²) in [5.41, 5.74) is 0.631. The highest BCUT2D eigenvalue weighted by Crippen LogP contribution is 2.20. The monoisotopic (exact) mass is 338 g/mol. The van der Waals surface area contributed by atoms with Gasteiger partial charge in [-0.05, 0) is 55.5 Å². The second-order valence-electron chi connectivity index (χ2n) is 5.15. The molecule has 2 aromatic carbocycles. The van der Waals surface area contributed by atoms with Gasteiger partial charge in [0.2, 0.25) is 0 Å². The molecule has 0 unspecified atom stereocenters. The van der Waals surface area contributed by atoms with Gasteiger partial charge in [-0.2, -0.15) is 0 Å². The number of hydrogen-bond donors (Lipinski definition) is 0. The summed E-state index contributed by atoms with van der Waals surface area (Å²) >= 11 is 0. The van der Waals surface area contributed by atoms with Crippen LogP contribution in [0.25, 0.3) is 0 Å². The largest absolute Gasteiger partial charge is 0.490 e. The maximum Gasteiger partial charge on any atom is 0.343 e. The van der Waals surface area contributed by atoms with Crippen LogP contribution in [0, 0.1) is 0 Å². The molecule has 0 atom stereocenters. The van der Waals surface area contributed by atoms with Gasteiger partial charge in [0.25, 0.3) is 0 Å². The molecular weight excluding hydrogens is 320 g/mol. The van der Waals surface area contributed by atoms with Crippen LogP contribution < -0.4 is 14.2 Å².